The van der Waals surface area contributed by atoms with E-state index in [4.69, 9.17) is 0 Å². The summed E-state index contributed by atoms with van der Waals surface area (Å²) in [6.45, 7) is 3.64. The van der Waals surface area contributed by atoms with E-state index in [-0.39, 0.29) is 17.6 Å². The predicted molar refractivity (Wildman–Crippen MR) is 82.2 cm³/mol. The average Bonchev–Trinajstić information content (AvgIpc) is 2.42. The van der Waals surface area contributed by atoms with E-state index in [9.17, 15) is 14.4 Å². The van der Waals surface area contributed by atoms with Crippen LogP contribution >= 0.6 is 0 Å². The molecule has 2 amide bonds. The number of rotatable bonds is 8. The van der Waals surface area contributed by atoms with E-state index in [1.165, 1.54) is 13.8 Å². The Hall–Kier alpha value is -2.17. The first-order valence-electron chi connectivity index (χ1n) is 7.14. The maximum absolute atomic E-state index is 11.8. The van der Waals surface area contributed by atoms with Crippen LogP contribution in [0.5, 0.6) is 0 Å². The van der Waals surface area contributed by atoms with E-state index in [1.807, 2.05) is 0 Å². The normalized spacial score (nSPS) is 10.0. The van der Waals surface area contributed by atoms with Crippen LogP contribution < -0.4 is 10.6 Å². The van der Waals surface area contributed by atoms with Gasteiger partial charge in [0.2, 0.25) is 11.8 Å². The minimum atomic E-state index is -0.0600. The second-order valence-corrected chi connectivity index (χ2v) is 4.98. The summed E-state index contributed by atoms with van der Waals surface area (Å²) in [6, 6.07) is 6.91. The van der Waals surface area contributed by atoms with Gasteiger partial charge in [-0.1, -0.05) is 18.6 Å². The number of hydrogen-bond acceptors (Lipinski definition) is 3. The zero-order chi connectivity index (χ0) is 15.7. The maximum atomic E-state index is 11.8. The molecule has 0 heterocycles. The second kappa shape index (κ2) is 8.89. The number of hydrogen-bond donors (Lipinski definition) is 2. The van der Waals surface area contributed by atoms with Crippen molar-refractivity contribution in [2.75, 3.05) is 11.9 Å². The highest BCUT2D eigenvalue weighted by atomic mass is 16.2. The third-order valence-electron chi connectivity index (χ3n) is 3.01. The Morgan fingerprint density at radius 3 is 2.48 bits per heavy atom. The van der Waals surface area contributed by atoms with Gasteiger partial charge in [-0.15, -0.1) is 0 Å². The molecule has 0 saturated heterocycles. The summed E-state index contributed by atoms with van der Waals surface area (Å²) in [4.78, 5) is 33.7. The highest BCUT2D eigenvalue weighted by molar-refractivity contribution is 5.97. The van der Waals surface area contributed by atoms with Gasteiger partial charge in [0.15, 0.2) is 5.78 Å². The maximum Gasteiger partial charge on any atom is 0.224 e. The molecule has 0 saturated carbocycles. The fraction of sp³-hybridized carbons (Fsp3) is 0.438. The molecule has 0 unspecified atom stereocenters. The van der Waals surface area contributed by atoms with Crippen molar-refractivity contribution >= 4 is 23.3 Å². The summed E-state index contributed by atoms with van der Waals surface area (Å²) >= 11 is 0. The molecule has 21 heavy (non-hydrogen) atoms. The van der Waals surface area contributed by atoms with Gasteiger partial charge in [-0.05, 0) is 31.9 Å². The van der Waals surface area contributed by atoms with Crippen molar-refractivity contribution in [1.29, 1.82) is 0 Å². The van der Waals surface area contributed by atoms with Crippen molar-refractivity contribution in [3.8, 4) is 0 Å². The fourth-order valence-electron chi connectivity index (χ4n) is 1.89. The molecule has 114 valence electrons. The Morgan fingerprint density at radius 1 is 1.05 bits per heavy atom. The predicted octanol–water partition coefficient (Wildman–Crippen LogP) is 2.52. The lowest BCUT2D eigenvalue weighted by molar-refractivity contribution is -0.119. The van der Waals surface area contributed by atoms with Gasteiger partial charge in [0.05, 0.1) is 0 Å². The van der Waals surface area contributed by atoms with Gasteiger partial charge >= 0.3 is 0 Å². The molecule has 1 rings (SSSR count). The lowest BCUT2D eigenvalue weighted by Crippen LogP contribution is -2.20. The van der Waals surface area contributed by atoms with Crippen LogP contribution in [-0.2, 0) is 9.59 Å². The molecule has 0 aliphatic heterocycles. The molecule has 0 aliphatic carbocycles. The number of unbranched alkanes of at least 4 members (excludes halogenated alkanes) is 2. The molecule has 0 spiro atoms. The number of benzene rings is 1. The number of Topliss-reactive ketones (excluding diaryl/α,β-unsaturated/α-hetero) is 1. The molecule has 0 fully saturated rings. The zero-order valence-electron chi connectivity index (χ0n) is 12.6. The van der Waals surface area contributed by atoms with Crippen molar-refractivity contribution in [3.63, 3.8) is 0 Å². The van der Waals surface area contributed by atoms with E-state index in [1.54, 1.807) is 24.3 Å². The van der Waals surface area contributed by atoms with Gasteiger partial charge in [0, 0.05) is 31.1 Å². The lowest BCUT2D eigenvalue weighted by Gasteiger charge is -2.06. The molecule has 0 aromatic heterocycles. The van der Waals surface area contributed by atoms with Crippen LogP contribution in [0, 0.1) is 0 Å². The summed E-state index contributed by atoms with van der Waals surface area (Å²) in [5.74, 6) is -0.114. The van der Waals surface area contributed by atoms with Crippen LogP contribution in [0.3, 0.4) is 0 Å². The third-order valence-corrected chi connectivity index (χ3v) is 3.01. The lowest BCUT2D eigenvalue weighted by atomic mass is 10.1. The smallest absolute Gasteiger partial charge is 0.224 e. The third kappa shape index (κ3) is 7.25. The summed E-state index contributed by atoms with van der Waals surface area (Å²) in [5, 5.41) is 5.50. The van der Waals surface area contributed by atoms with Crippen LogP contribution in [0.1, 0.15) is 49.9 Å². The number of anilines is 1. The van der Waals surface area contributed by atoms with Gasteiger partial charge in [-0.3, -0.25) is 14.4 Å². The van der Waals surface area contributed by atoms with Crippen LogP contribution in [0.4, 0.5) is 5.69 Å². The zero-order valence-corrected chi connectivity index (χ0v) is 12.6. The molecule has 0 radical (unpaired) electrons. The van der Waals surface area contributed by atoms with Crippen molar-refractivity contribution < 1.29 is 14.4 Å². The standard InChI is InChI=1S/C16H22N2O3/c1-12(19)14-7-6-8-15(11-14)18-16(21)9-4-3-5-10-17-13(2)20/h6-8,11H,3-5,9-10H2,1-2H3,(H,17,20)(H,18,21). The molecule has 0 aliphatic rings. The van der Waals surface area contributed by atoms with E-state index >= 15 is 0 Å². The SMILES string of the molecule is CC(=O)NCCCCCC(=O)Nc1cccc(C(C)=O)c1. The first kappa shape index (κ1) is 16.9. The van der Waals surface area contributed by atoms with Crippen LogP contribution in [0.2, 0.25) is 0 Å². The Kier molecular flexibility index (Phi) is 7.15. The van der Waals surface area contributed by atoms with E-state index < -0.39 is 0 Å². The Balaban J connectivity index is 2.26. The summed E-state index contributed by atoms with van der Waals surface area (Å²) in [5.41, 5.74) is 1.23. The molecule has 1 aromatic carbocycles. The minimum absolute atomic E-state index is 0.0240. The first-order valence-corrected chi connectivity index (χ1v) is 7.14. The van der Waals surface area contributed by atoms with Gasteiger partial charge < -0.3 is 10.6 Å². The molecule has 1 aromatic rings. The largest absolute Gasteiger partial charge is 0.356 e. The molecule has 0 bridgehead atoms. The van der Waals surface area contributed by atoms with Crippen molar-refractivity contribution in [2.24, 2.45) is 0 Å². The van der Waals surface area contributed by atoms with E-state index in [0.29, 0.717) is 24.2 Å². The van der Waals surface area contributed by atoms with E-state index in [2.05, 4.69) is 10.6 Å². The molecular formula is C16H22N2O3. The first-order chi connectivity index (χ1) is 9.99. The van der Waals surface area contributed by atoms with Gasteiger partial charge in [0.25, 0.3) is 0 Å². The van der Waals surface area contributed by atoms with Crippen molar-refractivity contribution in [1.82, 2.24) is 5.32 Å². The second-order valence-electron chi connectivity index (χ2n) is 4.98. The number of carbonyl (C=O) groups excluding carboxylic acids is 3. The van der Waals surface area contributed by atoms with Crippen molar-refractivity contribution in [3.05, 3.63) is 29.8 Å². The van der Waals surface area contributed by atoms with Gasteiger partial charge in [0.1, 0.15) is 0 Å². The summed E-state index contributed by atoms with van der Waals surface area (Å²) < 4.78 is 0. The Morgan fingerprint density at radius 2 is 1.81 bits per heavy atom. The quantitative estimate of drug-likeness (QED) is 0.570. The van der Waals surface area contributed by atoms with Gasteiger partial charge in [-0.2, -0.15) is 0 Å². The number of amides is 2. The number of ketones is 1. The van der Waals surface area contributed by atoms with Crippen molar-refractivity contribution in [2.45, 2.75) is 39.5 Å². The number of nitrogens with one attached hydrogen (secondary N) is 2. The minimum Gasteiger partial charge on any atom is -0.356 e. The molecule has 0 atom stereocenters. The number of carbonyl (C=O) groups is 3. The summed E-state index contributed by atoms with van der Waals surface area (Å²) in [7, 11) is 0. The highest BCUT2D eigenvalue weighted by Gasteiger charge is 2.04. The molecule has 2 N–H and O–H groups in total. The van der Waals surface area contributed by atoms with Gasteiger partial charge in [-0.25, -0.2) is 0 Å². The monoisotopic (exact) mass is 290 g/mol. The Labute approximate surface area is 125 Å². The molecular weight excluding hydrogens is 268 g/mol. The summed E-state index contributed by atoms with van der Waals surface area (Å²) in [6.07, 6.45) is 2.97. The average molecular weight is 290 g/mol. The van der Waals surface area contributed by atoms with Crippen LogP contribution in [-0.4, -0.2) is 24.1 Å². The Bertz CT molecular complexity index is 512. The van der Waals surface area contributed by atoms with Crippen LogP contribution in [0.25, 0.3) is 0 Å². The fourth-order valence-corrected chi connectivity index (χ4v) is 1.89. The topological polar surface area (TPSA) is 75.3 Å². The molecule has 5 nitrogen and oxygen atoms in total. The highest BCUT2D eigenvalue weighted by Crippen LogP contribution is 2.12. The van der Waals surface area contributed by atoms with Crippen LogP contribution in [0.15, 0.2) is 24.3 Å². The van der Waals surface area contributed by atoms with E-state index in [0.717, 1.165) is 19.3 Å². The molecule has 5 heteroatoms.